The number of carbonyl (C=O) groups is 2. The minimum absolute atomic E-state index is 0.0175. The zero-order valence-electron chi connectivity index (χ0n) is 22.6. The van der Waals surface area contributed by atoms with E-state index in [0.717, 1.165) is 42.6 Å². The predicted molar refractivity (Wildman–Crippen MR) is 145 cm³/mol. The second-order valence-corrected chi connectivity index (χ2v) is 11.4. The van der Waals surface area contributed by atoms with Crippen molar-refractivity contribution in [2.24, 2.45) is 29.1 Å². The molecule has 2 amide bonds. The Kier molecular flexibility index (Phi) is 8.58. The van der Waals surface area contributed by atoms with Crippen molar-refractivity contribution in [2.75, 3.05) is 7.11 Å². The molecule has 7 unspecified atom stereocenters. The number of nitrogens with one attached hydrogen (secondary N) is 2. The molecule has 37 heavy (non-hydrogen) atoms. The molecule has 4 rings (SSSR count). The molecule has 7 atom stereocenters. The van der Waals surface area contributed by atoms with Crippen molar-refractivity contribution < 1.29 is 19.4 Å². The Hall–Kier alpha value is -2.86. The molecule has 0 radical (unpaired) electrons. The molecule has 0 aromatic heterocycles. The number of rotatable bonds is 8. The number of hydrogen-bond donors (Lipinski definition) is 3. The molecule has 0 aliphatic heterocycles. The summed E-state index contributed by atoms with van der Waals surface area (Å²) in [6.07, 6.45) is 3.47. The summed E-state index contributed by atoms with van der Waals surface area (Å²) in [5.74, 6) is 0.464. The Morgan fingerprint density at radius 3 is 2.49 bits per heavy atom. The predicted octanol–water partition coefficient (Wildman–Crippen LogP) is 4.50. The number of fused-ring (bicyclic) bond motifs is 1. The molecule has 2 aromatic rings. The molecule has 0 bridgehead atoms. The number of aliphatic hydroxyl groups excluding tert-OH is 1. The highest BCUT2D eigenvalue weighted by molar-refractivity contribution is 5.79. The SMILES string of the molecule is COc1ccccc1CNC(=O)C(C)C1CCC2(C)CCC(NC(=O)Cc3ccccc3)C(C)C2C1O. The van der Waals surface area contributed by atoms with Gasteiger partial charge in [0.1, 0.15) is 5.75 Å². The van der Waals surface area contributed by atoms with Crippen LogP contribution in [0.25, 0.3) is 0 Å². The van der Waals surface area contributed by atoms with Gasteiger partial charge in [0.15, 0.2) is 0 Å². The maximum Gasteiger partial charge on any atom is 0.224 e. The Bertz CT molecular complexity index is 1070. The number of aliphatic hydroxyl groups is 1. The zero-order chi connectivity index (χ0) is 26.6. The lowest BCUT2D eigenvalue weighted by Crippen LogP contribution is -2.58. The molecule has 200 valence electrons. The van der Waals surface area contributed by atoms with E-state index in [9.17, 15) is 14.7 Å². The number of carbonyl (C=O) groups excluding carboxylic acids is 2. The Morgan fingerprint density at radius 2 is 1.76 bits per heavy atom. The van der Waals surface area contributed by atoms with Crippen LogP contribution < -0.4 is 15.4 Å². The topological polar surface area (TPSA) is 87.7 Å². The maximum atomic E-state index is 13.1. The quantitative estimate of drug-likeness (QED) is 0.492. The van der Waals surface area contributed by atoms with Crippen LogP contribution in [-0.4, -0.2) is 36.2 Å². The molecule has 2 aromatic carbocycles. The summed E-state index contributed by atoms with van der Waals surface area (Å²) in [5.41, 5.74) is 1.94. The van der Waals surface area contributed by atoms with Gasteiger partial charge in [0.2, 0.25) is 11.8 Å². The van der Waals surface area contributed by atoms with E-state index < -0.39 is 6.10 Å². The monoisotopic (exact) mass is 506 g/mol. The average Bonchev–Trinajstić information content (AvgIpc) is 2.89. The van der Waals surface area contributed by atoms with Crippen LogP contribution in [0.3, 0.4) is 0 Å². The first kappa shape index (κ1) is 27.2. The first-order chi connectivity index (χ1) is 17.7. The highest BCUT2D eigenvalue weighted by Crippen LogP contribution is 2.55. The molecule has 2 aliphatic rings. The summed E-state index contributed by atoms with van der Waals surface area (Å²) in [6, 6.07) is 17.5. The molecule has 0 heterocycles. The normalized spacial score (nSPS) is 30.0. The lowest BCUT2D eigenvalue weighted by atomic mass is 9.51. The molecule has 6 heteroatoms. The Morgan fingerprint density at radius 1 is 1.08 bits per heavy atom. The van der Waals surface area contributed by atoms with Crippen molar-refractivity contribution in [3.8, 4) is 5.75 Å². The van der Waals surface area contributed by atoms with Crippen LogP contribution in [0.4, 0.5) is 0 Å². The molecule has 0 saturated heterocycles. The standard InChI is InChI=1S/C31H42N2O4/c1-20(30(36)32-19-23-12-8-9-13-26(23)37-4)24-14-16-31(3)17-15-25(21(2)28(31)29(24)35)33-27(34)18-22-10-6-5-7-11-22/h5-13,20-21,24-25,28-29,35H,14-19H2,1-4H3,(H,32,36)(H,33,34). The molecule has 2 saturated carbocycles. The number of ether oxygens (including phenoxy) is 1. The number of amides is 2. The zero-order valence-corrected chi connectivity index (χ0v) is 22.6. The van der Waals surface area contributed by atoms with Gasteiger partial charge < -0.3 is 20.5 Å². The Labute approximate surface area is 221 Å². The fourth-order valence-corrected chi connectivity index (χ4v) is 6.92. The van der Waals surface area contributed by atoms with Crippen LogP contribution >= 0.6 is 0 Å². The van der Waals surface area contributed by atoms with Crippen LogP contribution in [-0.2, 0) is 22.6 Å². The third-order valence-corrected chi connectivity index (χ3v) is 9.14. The van der Waals surface area contributed by atoms with Gasteiger partial charge >= 0.3 is 0 Å². The Balaban J connectivity index is 1.39. The minimum Gasteiger partial charge on any atom is -0.496 e. The number of benzene rings is 2. The van der Waals surface area contributed by atoms with Gasteiger partial charge in [0.25, 0.3) is 0 Å². The van der Waals surface area contributed by atoms with Gasteiger partial charge in [-0.2, -0.15) is 0 Å². The van der Waals surface area contributed by atoms with Crippen LogP contribution in [0.2, 0.25) is 0 Å². The van der Waals surface area contributed by atoms with Gasteiger partial charge in [0, 0.05) is 24.1 Å². The molecule has 3 N–H and O–H groups in total. The van der Waals surface area contributed by atoms with Crippen molar-refractivity contribution in [1.82, 2.24) is 10.6 Å². The van der Waals surface area contributed by atoms with E-state index >= 15 is 0 Å². The molecule has 6 nitrogen and oxygen atoms in total. The first-order valence-corrected chi connectivity index (χ1v) is 13.6. The van der Waals surface area contributed by atoms with Gasteiger partial charge in [-0.15, -0.1) is 0 Å². The van der Waals surface area contributed by atoms with Gasteiger partial charge in [-0.25, -0.2) is 0 Å². The van der Waals surface area contributed by atoms with Crippen LogP contribution in [0.1, 0.15) is 57.6 Å². The fraction of sp³-hybridized carbons (Fsp3) is 0.548. The fourth-order valence-electron chi connectivity index (χ4n) is 6.92. The lowest BCUT2D eigenvalue weighted by Gasteiger charge is -2.56. The second-order valence-electron chi connectivity index (χ2n) is 11.4. The van der Waals surface area contributed by atoms with E-state index in [1.807, 2.05) is 61.5 Å². The summed E-state index contributed by atoms with van der Waals surface area (Å²) in [5, 5.41) is 18.0. The van der Waals surface area contributed by atoms with Crippen LogP contribution in [0.15, 0.2) is 54.6 Å². The van der Waals surface area contributed by atoms with E-state index in [2.05, 4.69) is 24.5 Å². The molecule has 2 fully saturated rings. The van der Waals surface area contributed by atoms with Crippen molar-refractivity contribution in [1.29, 1.82) is 0 Å². The van der Waals surface area contributed by atoms with Gasteiger partial charge in [-0.3, -0.25) is 9.59 Å². The summed E-state index contributed by atoms with van der Waals surface area (Å²) < 4.78 is 5.40. The third kappa shape index (κ3) is 6.01. The summed E-state index contributed by atoms with van der Waals surface area (Å²) >= 11 is 0. The smallest absolute Gasteiger partial charge is 0.224 e. The van der Waals surface area contributed by atoms with E-state index in [0.29, 0.717) is 13.0 Å². The lowest BCUT2D eigenvalue weighted by molar-refractivity contribution is -0.143. The van der Waals surface area contributed by atoms with Gasteiger partial charge in [-0.05, 0) is 60.5 Å². The second kappa shape index (κ2) is 11.7. The average molecular weight is 507 g/mol. The number of para-hydroxylation sites is 1. The summed E-state index contributed by atoms with van der Waals surface area (Å²) in [4.78, 5) is 26.0. The molecule has 2 aliphatic carbocycles. The van der Waals surface area contributed by atoms with E-state index in [-0.39, 0.29) is 46.9 Å². The van der Waals surface area contributed by atoms with Gasteiger partial charge in [-0.1, -0.05) is 69.3 Å². The number of methoxy groups -OCH3 is 1. The van der Waals surface area contributed by atoms with E-state index in [4.69, 9.17) is 4.74 Å². The van der Waals surface area contributed by atoms with Crippen molar-refractivity contribution in [2.45, 2.75) is 71.6 Å². The van der Waals surface area contributed by atoms with Gasteiger partial charge in [0.05, 0.1) is 19.6 Å². The van der Waals surface area contributed by atoms with Crippen molar-refractivity contribution in [3.05, 3.63) is 65.7 Å². The largest absolute Gasteiger partial charge is 0.496 e. The summed E-state index contributed by atoms with van der Waals surface area (Å²) in [7, 11) is 1.63. The molecular weight excluding hydrogens is 464 g/mol. The molecular formula is C31H42N2O4. The van der Waals surface area contributed by atoms with Crippen molar-refractivity contribution >= 4 is 11.8 Å². The highest BCUT2D eigenvalue weighted by atomic mass is 16.5. The van der Waals surface area contributed by atoms with Crippen molar-refractivity contribution in [3.63, 3.8) is 0 Å². The number of hydrogen-bond acceptors (Lipinski definition) is 4. The van der Waals surface area contributed by atoms with E-state index in [1.165, 1.54) is 0 Å². The highest BCUT2D eigenvalue weighted by Gasteiger charge is 2.53. The third-order valence-electron chi connectivity index (χ3n) is 9.14. The van der Waals surface area contributed by atoms with Crippen LogP contribution in [0.5, 0.6) is 5.75 Å². The molecule has 0 spiro atoms. The van der Waals surface area contributed by atoms with Crippen LogP contribution in [0, 0.1) is 29.1 Å². The summed E-state index contributed by atoms with van der Waals surface area (Å²) in [6.45, 7) is 6.76. The minimum atomic E-state index is -0.588. The van der Waals surface area contributed by atoms with E-state index in [1.54, 1.807) is 7.11 Å². The first-order valence-electron chi connectivity index (χ1n) is 13.6. The maximum absolute atomic E-state index is 13.1.